The molecule has 3 rings (SSSR count). The molecule has 1 N–H and O–H groups in total. The van der Waals surface area contributed by atoms with Gasteiger partial charge in [-0.3, -0.25) is 0 Å². The van der Waals surface area contributed by atoms with Gasteiger partial charge in [0.25, 0.3) is 0 Å². The minimum absolute atomic E-state index is 0.0363. The lowest BCUT2D eigenvalue weighted by molar-refractivity contribution is 0.415. The van der Waals surface area contributed by atoms with E-state index in [0.29, 0.717) is 12.5 Å². The van der Waals surface area contributed by atoms with Gasteiger partial charge in [-0.05, 0) is 54.7 Å². The molecule has 0 amide bonds. The summed E-state index contributed by atoms with van der Waals surface area (Å²) in [6, 6.07) is 15.6. The fourth-order valence-corrected chi connectivity index (χ4v) is 4.62. The number of nitrogens with one attached hydrogen (secondary N) is 1. The van der Waals surface area contributed by atoms with E-state index in [4.69, 9.17) is 4.74 Å². The maximum absolute atomic E-state index is 12.4. The Morgan fingerprint density at radius 1 is 1.15 bits per heavy atom. The fraction of sp³-hybridized carbons (Fsp3) is 0.400. The Hall–Kier alpha value is -2.05. The molecule has 1 fully saturated rings. The van der Waals surface area contributed by atoms with Crippen LogP contribution in [0.15, 0.2) is 48.5 Å². The number of methoxy groups -OCH3 is 1. The normalized spacial score (nSPS) is 17.5. The molecule has 6 heteroatoms. The highest BCUT2D eigenvalue weighted by Gasteiger charge is 2.24. The number of benzene rings is 2. The van der Waals surface area contributed by atoms with E-state index in [9.17, 15) is 8.42 Å². The largest absolute Gasteiger partial charge is 0.497 e. The van der Waals surface area contributed by atoms with E-state index < -0.39 is 10.0 Å². The number of sulfonamides is 1. The molecule has 0 bridgehead atoms. The van der Waals surface area contributed by atoms with Crippen LogP contribution in [0.5, 0.6) is 5.75 Å². The highest BCUT2D eigenvalue weighted by molar-refractivity contribution is 7.88. The fourth-order valence-electron chi connectivity index (χ4n) is 3.30. The summed E-state index contributed by atoms with van der Waals surface area (Å²) in [7, 11) is -1.66. The number of nitrogens with zero attached hydrogens (tertiary/aromatic N) is 1. The van der Waals surface area contributed by atoms with Crippen molar-refractivity contribution < 1.29 is 13.2 Å². The monoisotopic (exact) mass is 374 g/mol. The molecule has 0 aromatic heterocycles. The number of hydrogen-bond donors (Lipinski definition) is 1. The summed E-state index contributed by atoms with van der Waals surface area (Å²) in [4.78, 5) is 2.29. The molecule has 2 aromatic rings. The lowest BCUT2D eigenvalue weighted by atomic mass is 10.1. The van der Waals surface area contributed by atoms with Crippen molar-refractivity contribution in [1.29, 1.82) is 0 Å². The van der Waals surface area contributed by atoms with Crippen LogP contribution in [0.4, 0.5) is 5.69 Å². The number of ether oxygens (including phenoxy) is 1. The van der Waals surface area contributed by atoms with E-state index in [1.807, 2.05) is 55.5 Å². The second kappa shape index (κ2) is 8.10. The molecular formula is C20H26N2O3S. The zero-order valence-electron chi connectivity index (χ0n) is 15.3. The molecule has 26 heavy (non-hydrogen) atoms. The smallest absolute Gasteiger partial charge is 0.215 e. The Morgan fingerprint density at radius 3 is 2.58 bits per heavy atom. The topological polar surface area (TPSA) is 58.6 Å². The summed E-state index contributed by atoms with van der Waals surface area (Å²) in [5, 5.41) is 0. The molecule has 2 aromatic carbocycles. The van der Waals surface area contributed by atoms with E-state index in [-0.39, 0.29) is 5.75 Å². The number of hydrogen-bond acceptors (Lipinski definition) is 4. The van der Waals surface area contributed by atoms with Crippen molar-refractivity contribution in [1.82, 2.24) is 4.72 Å². The molecule has 0 radical (unpaired) electrons. The van der Waals surface area contributed by atoms with Crippen molar-refractivity contribution in [3.05, 3.63) is 59.7 Å². The predicted octanol–water partition coefficient (Wildman–Crippen LogP) is 2.95. The average Bonchev–Trinajstić information content (AvgIpc) is 3.11. The van der Waals surface area contributed by atoms with Gasteiger partial charge < -0.3 is 9.64 Å². The highest BCUT2D eigenvalue weighted by atomic mass is 32.2. The van der Waals surface area contributed by atoms with Crippen LogP contribution in [-0.2, 0) is 15.8 Å². The Morgan fingerprint density at radius 2 is 1.88 bits per heavy atom. The van der Waals surface area contributed by atoms with E-state index >= 15 is 0 Å². The molecule has 0 spiro atoms. The van der Waals surface area contributed by atoms with Crippen molar-refractivity contribution >= 4 is 15.7 Å². The van der Waals surface area contributed by atoms with Crippen LogP contribution in [0.2, 0.25) is 0 Å². The Balaban J connectivity index is 1.53. The average molecular weight is 375 g/mol. The van der Waals surface area contributed by atoms with E-state index in [1.165, 1.54) is 0 Å². The molecule has 1 atom stereocenters. The standard InChI is InChI=1S/C20H26N2O3S/c1-16-5-3-4-6-18(16)15-26(23,24)21-13-17-11-12-22(14-17)19-7-9-20(25-2)10-8-19/h3-10,17,21H,11-15H2,1-2H3. The summed E-state index contributed by atoms with van der Waals surface area (Å²) in [5.74, 6) is 1.20. The predicted molar refractivity (Wildman–Crippen MR) is 105 cm³/mol. The van der Waals surface area contributed by atoms with Crippen LogP contribution in [-0.4, -0.2) is 35.2 Å². The summed E-state index contributed by atoms with van der Waals surface area (Å²) in [6.45, 7) is 4.23. The first-order chi connectivity index (χ1) is 12.5. The minimum Gasteiger partial charge on any atom is -0.497 e. The second-order valence-electron chi connectivity index (χ2n) is 6.83. The van der Waals surface area contributed by atoms with Gasteiger partial charge in [0.1, 0.15) is 5.75 Å². The molecular weight excluding hydrogens is 348 g/mol. The van der Waals surface area contributed by atoms with Crippen LogP contribution in [0.1, 0.15) is 17.5 Å². The van der Waals surface area contributed by atoms with Gasteiger partial charge in [0, 0.05) is 25.3 Å². The Labute approximate surface area is 156 Å². The van der Waals surface area contributed by atoms with Crippen LogP contribution in [0, 0.1) is 12.8 Å². The molecule has 1 aliphatic heterocycles. The van der Waals surface area contributed by atoms with Gasteiger partial charge in [-0.2, -0.15) is 0 Å². The van der Waals surface area contributed by atoms with Gasteiger partial charge in [-0.15, -0.1) is 0 Å². The summed E-state index contributed by atoms with van der Waals surface area (Å²) in [6.07, 6.45) is 0.985. The molecule has 1 unspecified atom stereocenters. The van der Waals surface area contributed by atoms with E-state index in [2.05, 4.69) is 9.62 Å². The number of anilines is 1. The zero-order valence-corrected chi connectivity index (χ0v) is 16.1. The van der Waals surface area contributed by atoms with Crippen molar-refractivity contribution in [3.8, 4) is 5.75 Å². The third kappa shape index (κ3) is 4.77. The molecule has 1 aliphatic rings. The van der Waals surface area contributed by atoms with Crippen LogP contribution >= 0.6 is 0 Å². The maximum atomic E-state index is 12.4. The SMILES string of the molecule is COc1ccc(N2CCC(CNS(=O)(=O)Cc3ccccc3C)C2)cc1. The van der Waals surface area contributed by atoms with E-state index in [0.717, 1.165) is 42.1 Å². The van der Waals surface area contributed by atoms with Gasteiger partial charge in [0.05, 0.1) is 12.9 Å². The number of rotatable bonds is 7. The van der Waals surface area contributed by atoms with Crippen molar-refractivity contribution in [2.24, 2.45) is 5.92 Å². The number of aryl methyl sites for hydroxylation is 1. The van der Waals surface area contributed by atoms with Crippen LogP contribution < -0.4 is 14.4 Å². The van der Waals surface area contributed by atoms with Gasteiger partial charge >= 0.3 is 0 Å². The lowest BCUT2D eigenvalue weighted by Gasteiger charge is -2.19. The first kappa shape index (κ1) is 18.7. The first-order valence-corrected chi connectivity index (χ1v) is 10.5. The molecule has 0 aliphatic carbocycles. The van der Waals surface area contributed by atoms with Gasteiger partial charge in [0.15, 0.2) is 0 Å². The van der Waals surface area contributed by atoms with Crippen molar-refractivity contribution in [2.45, 2.75) is 19.1 Å². The molecule has 140 valence electrons. The molecule has 5 nitrogen and oxygen atoms in total. The quantitative estimate of drug-likeness (QED) is 0.810. The summed E-state index contributed by atoms with van der Waals surface area (Å²) in [5.41, 5.74) is 3.01. The third-order valence-corrected chi connectivity index (χ3v) is 6.22. The Kier molecular flexibility index (Phi) is 5.84. The van der Waals surface area contributed by atoms with Crippen molar-refractivity contribution in [2.75, 3.05) is 31.6 Å². The third-order valence-electron chi connectivity index (χ3n) is 4.92. The van der Waals surface area contributed by atoms with Crippen LogP contribution in [0.25, 0.3) is 0 Å². The van der Waals surface area contributed by atoms with E-state index in [1.54, 1.807) is 7.11 Å². The Bertz CT molecular complexity index is 834. The first-order valence-electron chi connectivity index (χ1n) is 8.88. The summed E-state index contributed by atoms with van der Waals surface area (Å²) < 4.78 is 32.8. The van der Waals surface area contributed by atoms with Crippen LogP contribution in [0.3, 0.4) is 0 Å². The van der Waals surface area contributed by atoms with Gasteiger partial charge in [-0.25, -0.2) is 13.1 Å². The second-order valence-corrected chi connectivity index (χ2v) is 8.64. The lowest BCUT2D eigenvalue weighted by Crippen LogP contribution is -2.32. The zero-order chi connectivity index (χ0) is 18.6. The minimum atomic E-state index is -3.32. The van der Waals surface area contributed by atoms with Gasteiger partial charge in [0.2, 0.25) is 10.0 Å². The molecule has 1 heterocycles. The van der Waals surface area contributed by atoms with Gasteiger partial charge in [-0.1, -0.05) is 24.3 Å². The maximum Gasteiger partial charge on any atom is 0.215 e. The highest BCUT2D eigenvalue weighted by Crippen LogP contribution is 2.25. The molecule has 1 saturated heterocycles. The summed E-state index contributed by atoms with van der Waals surface area (Å²) >= 11 is 0. The van der Waals surface area contributed by atoms with Crippen molar-refractivity contribution in [3.63, 3.8) is 0 Å². The molecule has 0 saturated carbocycles.